The lowest BCUT2D eigenvalue weighted by Crippen LogP contribution is -2.38. The van der Waals surface area contributed by atoms with Gasteiger partial charge >= 0.3 is 0 Å². The fourth-order valence-electron chi connectivity index (χ4n) is 2.98. The van der Waals surface area contributed by atoms with Crippen molar-refractivity contribution in [3.8, 4) is 16.9 Å². The quantitative estimate of drug-likeness (QED) is 0.705. The first kappa shape index (κ1) is 19.7. The Bertz CT molecular complexity index is 733. The highest BCUT2D eigenvalue weighted by atomic mass is 35.5. The second-order valence-corrected chi connectivity index (χ2v) is 6.86. The lowest BCUT2D eigenvalue weighted by atomic mass is 10.1. The van der Waals surface area contributed by atoms with Crippen molar-refractivity contribution in [2.45, 2.75) is 6.42 Å². The van der Waals surface area contributed by atoms with Crippen LogP contribution in [0.2, 0.25) is 5.02 Å². The van der Waals surface area contributed by atoms with Crippen LogP contribution in [0, 0.1) is 0 Å². The number of hydrogen-bond donors (Lipinski definition) is 1. The van der Waals surface area contributed by atoms with Crippen molar-refractivity contribution < 1.29 is 14.3 Å². The molecular weight excluding hydrogens is 364 g/mol. The van der Waals surface area contributed by atoms with Gasteiger partial charge in [0.2, 0.25) is 0 Å². The van der Waals surface area contributed by atoms with E-state index >= 15 is 0 Å². The second kappa shape index (κ2) is 10.3. The summed E-state index contributed by atoms with van der Waals surface area (Å²) in [5.74, 6) is 0.375. The van der Waals surface area contributed by atoms with Crippen LogP contribution in [0.25, 0.3) is 11.1 Å². The van der Waals surface area contributed by atoms with Crippen LogP contribution in [-0.4, -0.2) is 56.8 Å². The predicted molar refractivity (Wildman–Crippen MR) is 107 cm³/mol. The molecule has 2 aromatic rings. The standard InChI is InChI=1S/C21H25ClN2O3/c22-19-15-18(17-5-2-1-3-6-17)7-8-20(19)27-16-21(25)23-9-4-10-24-11-13-26-14-12-24/h1-3,5-8,15H,4,9-14,16H2,(H,23,25). The normalized spacial score (nSPS) is 14.7. The molecule has 0 saturated carbocycles. The Labute approximate surface area is 165 Å². The zero-order valence-corrected chi connectivity index (χ0v) is 16.1. The zero-order valence-electron chi connectivity index (χ0n) is 15.3. The summed E-state index contributed by atoms with van der Waals surface area (Å²) in [5, 5.41) is 3.38. The van der Waals surface area contributed by atoms with Gasteiger partial charge in [-0.25, -0.2) is 0 Å². The Hall–Kier alpha value is -2.08. The highest BCUT2D eigenvalue weighted by Crippen LogP contribution is 2.30. The molecule has 2 aromatic carbocycles. The number of nitrogens with zero attached hydrogens (tertiary/aromatic N) is 1. The summed E-state index contributed by atoms with van der Waals surface area (Å²) in [6, 6.07) is 15.6. The van der Waals surface area contributed by atoms with Crippen LogP contribution < -0.4 is 10.1 Å². The maximum absolute atomic E-state index is 12.0. The summed E-state index contributed by atoms with van der Waals surface area (Å²) < 4.78 is 10.9. The van der Waals surface area contributed by atoms with E-state index in [2.05, 4.69) is 10.2 Å². The summed E-state index contributed by atoms with van der Waals surface area (Å²) >= 11 is 6.30. The minimum atomic E-state index is -0.139. The number of nitrogens with one attached hydrogen (secondary N) is 1. The number of benzene rings is 2. The summed E-state index contributed by atoms with van der Waals surface area (Å²) in [7, 11) is 0. The average molecular weight is 389 g/mol. The third kappa shape index (κ3) is 6.24. The summed E-state index contributed by atoms with van der Waals surface area (Å²) in [6.45, 7) is 5.09. The Morgan fingerprint density at radius 1 is 1.11 bits per heavy atom. The molecule has 1 saturated heterocycles. The van der Waals surface area contributed by atoms with E-state index < -0.39 is 0 Å². The third-order valence-electron chi connectivity index (χ3n) is 4.47. The van der Waals surface area contributed by atoms with Crippen molar-refractivity contribution in [1.82, 2.24) is 10.2 Å². The topological polar surface area (TPSA) is 50.8 Å². The van der Waals surface area contributed by atoms with E-state index in [0.29, 0.717) is 17.3 Å². The SMILES string of the molecule is O=C(COc1ccc(-c2ccccc2)cc1Cl)NCCCN1CCOCC1. The van der Waals surface area contributed by atoms with Crippen molar-refractivity contribution in [3.63, 3.8) is 0 Å². The molecule has 0 radical (unpaired) electrons. The van der Waals surface area contributed by atoms with Crippen LogP contribution >= 0.6 is 11.6 Å². The number of hydrogen-bond acceptors (Lipinski definition) is 4. The van der Waals surface area contributed by atoms with Gasteiger partial charge in [-0.3, -0.25) is 9.69 Å². The molecule has 0 atom stereocenters. The van der Waals surface area contributed by atoms with E-state index in [1.807, 2.05) is 42.5 Å². The minimum absolute atomic E-state index is 0.0397. The number of ether oxygens (including phenoxy) is 2. The van der Waals surface area contributed by atoms with Gasteiger partial charge in [-0.2, -0.15) is 0 Å². The number of amides is 1. The molecule has 0 spiro atoms. The molecule has 144 valence electrons. The van der Waals surface area contributed by atoms with Crippen LogP contribution in [0.1, 0.15) is 6.42 Å². The third-order valence-corrected chi connectivity index (χ3v) is 4.77. The highest BCUT2D eigenvalue weighted by molar-refractivity contribution is 6.32. The molecule has 1 amide bonds. The number of carbonyl (C=O) groups is 1. The maximum atomic E-state index is 12.0. The average Bonchev–Trinajstić information content (AvgIpc) is 2.72. The van der Waals surface area contributed by atoms with E-state index in [9.17, 15) is 4.79 Å². The first-order chi connectivity index (χ1) is 13.2. The first-order valence-corrected chi connectivity index (χ1v) is 9.65. The van der Waals surface area contributed by atoms with Gasteiger partial charge in [0.15, 0.2) is 6.61 Å². The van der Waals surface area contributed by atoms with Gasteiger partial charge in [-0.1, -0.05) is 48.0 Å². The summed E-state index contributed by atoms with van der Waals surface area (Å²) in [5.41, 5.74) is 2.10. The van der Waals surface area contributed by atoms with Crippen molar-refractivity contribution in [3.05, 3.63) is 53.6 Å². The molecule has 1 heterocycles. The highest BCUT2D eigenvalue weighted by Gasteiger charge is 2.10. The molecule has 3 rings (SSSR count). The monoisotopic (exact) mass is 388 g/mol. The minimum Gasteiger partial charge on any atom is -0.482 e. The van der Waals surface area contributed by atoms with E-state index in [-0.39, 0.29) is 12.5 Å². The van der Waals surface area contributed by atoms with E-state index in [4.69, 9.17) is 21.1 Å². The molecule has 1 aliphatic heterocycles. The molecule has 0 aliphatic carbocycles. The maximum Gasteiger partial charge on any atom is 0.257 e. The molecule has 1 fully saturated rings. The number of carbonyl (C=O) groups excluding carboxylic acids is 1. The van der Waals surface area contributed by atoms with Crippen LogP contribution in [-0.2, 0) is 9.53 Å². The predicted octanol–water partition coefficient (Wildman–Crippen LogP) is 3.22. The Balaban J connectivity index is 1.39. The smallest absolute Gasteiger partial charge is 0.257 e. The van der Waals surface area contributed by atoms with Gasteiger partial charge in [0, 0.05) is 19.6 Å². The lowest BCUT2D eigenvalue weighted by molar-refractivity contribution is -0.123. The van der Waals surface area contributed by atoms with Crippen molar-refractivity contribution in [2.75, 3.05) is 46.0 Å². The molecule has 6 heteroatoms. The zero-order chi connectivity index (χ0) is 18.9. The van der Waals surface area contributed by atoms with Crippen molar-refractivity contribution in [1.29, 1.82) is 0 Å². The van der Waals surface area contributed by atoms with Gasteiger partial charge in [-0.05, 0) is 36.2 Å². The van der Waals surface area contributed by atoms with Crippen molar-refractivity contribution in [2.24, 2.45) is 0 Å². The number of halogens is 1. The van der Waals surface area contributed by atoms with Crippen LogP contribution in [0.15, 0.2) is 48.5 Å². The van der Waals surface area contributed by atoms with Gasteiger partial charge in [-0.15, -0.1) is 0 Å². The molecule has 0 bridgehead atoms. The van der Waals surface area contributed by atoms with Crippen LogP contribution in [0.3, 0.4) is 0 Å². The largest absolute Gasteiger partial charge is 0.482 e. The van der Waals surface area contributed by atoms with E-state index in [0.717, 1.165) is 50.4 Å². The second-order valence-electron chi connectivity index (χ2n) is 6.46. The molecule has 0 aromatic heterocycles. The molecule has 5 nitrogen and oxygen atoms in total. The van der Waals surface area contributed by atoms with E-state index in [1.165, 1.54) is 0 Å². The van der Waals surface area contributed by atoms with Gasteiger partial charge in [0.1, 0.15) is 5.75 Å². The molecule has 1 aliphatic rings. The van der Waals surface area contributed by atoms with Gasteiger partial charge < -0.3 is 14.8 Å². The van der Waals surface area contributed by atoms with Crippen LogP contribution in [0.4, 0.5) is 0 Å². The van der Waals surface area contributed by atoms with Gasteiger partial charge in [0.05, 0.1) is 18.2 Å². The first-order valence-electron chi connectivity index (χ1n) is 9.27. The summed E-state index contributed by atoms with van der Waals surface area (Å²) in [6.07, 6.45) is 0.915. The fourth-order valence-corrected chi connectivity index (χ4v) is 3.21. The number of rotatable bonds is 8. The Kier molecular flexibility index (Phi) is 7.51. The van der Waals surface area contributed by atoms with Crippen molar-refractivity contribution >= 4 is 17.5 Å². The van der Waals surface area contributed by atoms with E-state index in [1.54, 1.807) is 6.07 Å². The van der Waals surface area contributed by atoms with Crippen LogP contribution in [0.5, 0.6) is 5.75 Å². The molecule has 0 unspecified atom stereocenters. The molecule has 27 heavy (non-hydrogen) atoms. The lowest BCUT2D eigenvalue weighted by Gasteiger charge is -2.26. The Morgan fingerprint density at radius 3 is 2.63 bits per heavy atom. The molecular formula is C21H25ClN2O3. The molecule has 1 N–H and O–H groups in total. The van der Waals surface area contributed by atoms with Gasteiger partial charge in [0.25, 0.3) is 5.91 Å². The fraction of sp³-hybridized carbons (Fsp3) is 0.381. The summed E-state index contributed by atoms with van der Waals surface area (Å²) in [4.78, 5) is 14.3. The number of morpholine rings is 1. The Morgan fingerprint density at radius 2 is 1.89 bits per heavy atom.